The number of halogens is 2. The second-order valence-electron chi connectivity index (χ2n) is 2.46. The minimum atomic E-state index is 0.0108. The van der Waals surface area contributed by atoms with Crippen LogP contribution >= 0.6 is 31.9 Å². The molecule has 0 bridgehead atoms. The van der Waals surface area contributed by atoms with Crippen LogP contribution in [0.15, 0.2) is 27.3 Å². The van der Waals surface area contributed by atoms with Gasteiger partial charge in [0.2, 0.25) is 0 Å². The topological polar surface area (TPSA) is 30.0 Å². The Morgan fingerprint density at radius 2 is 2.23 bits per heavy atom. The molecular formula is C9H7Br2NO. The zero-order valence-electron chi connectivity index (χ0n) is 6.92. The number of hydrogen-bond donors (Lipinski definition) is 0. The van der Waals surface area contributed by atoms with Crippen LogP contribution in [0.1, 0.15) is 12.6 Å². The summed E-state index contributed by atoms with van der Waals surface area (Å²) in [4.78, 5) is 14.8. The van der Waals surface area contributed by atoms with Gasteiger partial charge in [-0.3, -0.25) is 9.78 Å². The number of hydrogen-bond acceptors (Lipinski definition) is 2. The van der Waals surface area contributed by atoms with Crippen molar-refractivity contribution in [3.05, 3.63) is 33.0 Å². The molecule has 4 heteroatoms. The minimum absolute atomic E-state index is 0.0108. The lowest BCUT2D eigenvalue weighted by Gasteiger charge is -1.96. The van der Waals surface area contributed by atoms with E-state index in [4.69, 9.17) is 0 Å². The first kappa shape index (κ1) is 10.6. The molecule has 0 spiro atoms. The van der Waals surface area contributed by atoms with Gasteiger partial charge in [-0.15, -0.1) is 0 Å². The molecule has 0 aliphatic heterocycles. The summed E-state index contributed by atoms with van der Waals surface area (Å²) in [5.41, 5.74) is 0.749. The zero-order valence-corrected chi connectivity index (χ0v) is 10.1. The molecule has 1 heterocycles. The van der Waals surface area contributed by atoms with Crippen LogP contribution in [-0.4, -0.2) is 10.8 Å². The number of carbonyl (C=O) groups excluding carboxylic acids is 1. The zero-order chi connectivity index (χ0) is 9.84. The number of allylic oxidation sites excluding steroid dienone is 1. The number of ketones is 1. The van der Waals surface area contributed by atoms with E-state index in [9.17, 15) is 4.79 Å². The Hall–Kier alpha value is -0.480. The van der Waals surface area contributed by atoms with Crippen LogP contribution in [-0.2, 0) is 4.79 Å². The summed E-state index contributed by atoms with van der Waals surface area (Å²) in [6.07, 6.45) is 4.85. The molecule has 2 nitrogen and oxygen atoms in total. The molecule has 0 aliphatic rings. The Bertz CT molecular complexity index is 361. The smallest absolute Gasteiger partial charge is 0.152 e. The summed E-state index contributed by atoms with van der Waals surface area (Å²) >= 11 is 6.63. The summed E-state index contributed by atoms with van der Waals surface area (Å²) in [7, 11) is 0. The molecule has 1 rings (SSSR count). The molecule has 0 N–H and O–H groups in total. The van der Waals surface area contributed by atoms with E-state index in [0.29, 0.717) is 0 Å². The summed E-state index contributed by atoms with van der Waals surface area (Å²) in [5.74, 6) is 0.0108. The van der Waals surface area contributed by atoms with E-state index in [0.717, 1.165) is 14.6 Å². The molecule has 0 saturated heterocycles. The monoisotopic (exact) mass is 303 g/mol. The predicted molar refractivity (Wildman–Crippen MR) is 59.4 cm³/mol. The first-order chi connectivity index (χ1) is 6.09. The molecule has 0 radical (unpaired) electrons. The fraction of sp³-hybridized carbons (Fsp3) is 0.111. The highest BCUT2D eigenvalue weighted by molar-refractivity contribution is 9.11. The van der Waals surface area contributed by atoms with Crippen LogP contribution in [0.2, 0.25) is 0 Å². The Balaban J connectivity index is 2.96. The highest BCUT2D eigenvalue weighted by atomic mass is 79.9. The third-order valence-corrected chi connectivity index (χ3v) is 2.38. The Kier molecular flexibility index (Phi) is 3.81. The summed E-state index contributed by atoms with van der Waals surface area (Å²) < 4.78 is 1.76. The van der Waals surface area contributed by atoms with Crippen LogP contribution in [0.25, 0.3) is 6.08 Å². The van der Waals surface area contributed by atoms with Crippen molar-refractivity contribution in [2.45, 2.75) is 6.92 Å². The van der Waals surface area contributed by atoms with Crippen molar-refractivity contribution in [2.24, 2.45) is 0 Å². The van der Waals surface area contributed by atoms with E-state index < -0.39 is 0 Å². The van der Waals surface area contributed by atoms with Gasteiger partial charge >= 0.3 is 0 Å². The molecule has 0 aromatic carbocycles. The van der Waals surface area contributed by atoms with Crippen molar-refractivity contribution >= 4 is 43.7 Å². The van der Waals surface area contributed by atoms with Crippen molar-refractivity contribution in [3.63, 3.8) is 0 Å². The van der Waals surface area contributed by atoms with E-state index in [1.807, 2.05) is 6.07 Å². The number of carbonyl (C=O) groups is 1. The van der Waals surface area contributed by atoms with Gasteiger partial charge in [0.1, 0.15) is 0 Å². The third-order valence-electron chi connectivity index (χ3n) is 1.31. The molecule has 0 unspecified atom stereocenters. The Morgan fingerprint density at radius 1 is 1.54 bits per heavy atom. The maximum absolute atomic E-state index is 10.7. The van der Waals surface area contributed by atoms with Crippen LogP contribution in [0.5, 0.6) is 0 Å². The van der Waals surface area contributed by atoms with E-state index in [1.54, 1.807) is 12.3 Å². The van der Waals surface area contributed by atoms with E-state index in [2.05, 4.69) is 36.8 Å². The third kappa shape index (κ3) is 3.40. The highest BCUT2D eigenvalue weighted by Crippen LogP contribution is 2.20. The minimum Gasteiger partial charge on any atom is -0.295 e. The maximum atomic E-state index is 10.7. The average Bonchev–Trinajstić information content (AvgIpc) is 2.02. The molecule has 68 valence electrons. The largest absolute Gasteiger partial charge is 0.295 e. The molecule has 1 aromatic rings. The second-order valence-corrected chi connectivity index (χ2v) is 4.23. The van der Waals surface area contributed by atoms with Gasteiger partial charge in [0.05, 0.1) is 5.69 Å². The van der Waals surface area contributed by atoms with Crippen molar-refractivity contribution in [1.29, 1.82) is 0 Å². The molecule has 0 fully saturated rings. The van der Waals surface area contributed by atoms with Crippen LogP contribution < -0.4 is 0 Å². The van der Waals surface area contributed by atoms with Gasteiger partial charge in [0.25, 0.3) is 0 Å². The quantitative estimate of drug-likeness (QED) is 0.785. The lowest BCUT2D eigenvalue weighted by atomic mass is 10.3. The fourth-order valence-corrected chi connectivity index (χ4v) is 1.86. The van der Waals surface area contributed by atoms with Gasteiger partial charge in [0.15, 0.2) is 5.78 Å². The van der Waals surface area contributed by atoms with Gasteiger partial charge in [-0.2, -0.15) is 0 Å². The SMILES string of the molecule is CC(=O)/C=C/c1ncc(Br)cc1Br. The predicted octanol–water partition coefficient (Wildman–Crippen LogP) is 3.21. The summed E-state index contributed by atoms with van der Waals surface area (Å²) in [6, 6.07) is 1.88. The van der Waals surface area contributed by atoms with Gasteiger partial charge in [-0.1, -0.05) is 0 Å². The van der Waals surface area contributed by atoms with Crippen LogP contribution in [0.4, 0.5) is 0 Å². The molecule has 0 amide bonds. The average molecular weight is 305 g/mol. The Labute approximate surface area is 93.3 Å². The van der Waals surface area contributed by atoms with Crippen molar-refractivity contribution in [2.75, 3.05) is 0 Å². The van der Waals surface area contributed by atoms with E-state index in [-0.39, 0.29) is 5.78 Å². The van der Waals surface area contributed by atoms with E-state index in [1.165, 1.54) is 13.0 Å². The van der Waals surface area contributed by atoms with Gasteiger partial charge in [-0.05, 0) is 57.0 Å². The van der Waals surface area contributed by atoms with Crippen LogP contribution in [0, 0.1) is 0 Å². The molecule has 0 atom stereocenters. The number of rotatable bonds is 2. The van der Waals surface area contributed by atoms with Crippen molar-refractivity contribution < 1.29 is 4.79 Å². The lowest BCUT2D eigenvalue weighted by Crippen LogP contribution is -1.85. The Morgan fingerprint density at radius 3 is 2.77 bits per heavy atom. The summed E-state index contributed by atoms with van der Waals surface area (Å²) in [5, 5.41) is 0. The first-order valence-electron chi connectivity index (χ1n) is 3.59. The van der Waals surface area contributed by atoms with Crippen molar-refractivity contribution in [1.82, 2.24) is 4.98 Å². The standard InChI is InChI=1S/C9H7Br2NO/c1-6(13)2-3-9-8(11)4-7(10)5-12-9/h2-5H,1H3/b3-2+. The van der Waals surface area contributed by atoms with Gasteiger partial charge in [-0.25, -0.2) is 0 Å². The second kappa shape index (κ2) is 4.67. The van der Waals surface area contributed by atoms with Gasteiger partial charge in [0, 0.05) is 15.1 Å². The molecule has 13 heavy (non-hydrogen) atoms. The molecular weight excluding hydrogens is 298 g/mol. The first-order valence-corrected chi connectivity index (χ1v) is 5.18. The number of pyridine rings is 1. The van der Waals surface area contributed by atoms with E-state index >= 15 is 0 Å². The molecule has 1 aromatic heterocycles. The maximum Gasteiger partial charge on any atom is 0.152 e. The molecule has 0 saturated carbocycles. The summed E-state index contributed by atoms with van der Waals surface area (Å²) in [6.45, 7) is 1.50. The number of nitrogens with zero attached hydrogens (tertiary/aromatic N) is 1. The highest BCUT2D eigenvalue weighted by Gasteiger charge is 1.98. The normalized spacial score (nSPS) is 10.7. The molecule has 0 aliphatic carbocycles. The van der Waals surface area contributed by atoms with Crippen LogP contribution in [0.3, 0.4) is 0 Å². The lowest BCUT2D eigenvalue weighted by molar-refractivity contribution is -0.112. The fourth-order valence-electron chi connectivity index (χ4n) is 0.744. The van der Waals surface area contributed by atoms with Gasteiger partial charge < -0.3 is 0 Å². The van der Waals surface area contributed by atoms with Crippen molar-refractivity contribution in [3.8, 4) is 0 Å². The number of aromatic nitrogens is 1.